The Morgan fingerprint density at radius 3 is 0.736 bits per heavy atom. The molecule has 0 atom stereocenters. The Morgan fingerprint density at radius 2 is 0.549 bits per heavy atom. The summed E-state index contributed by atoms with van der Waals surface area (Å²) in [4.78, 5) is 2.41. The molecular weight excluding hydrogens is 1420 g/mol. The predicted octanol–water partition coefficient (Wildman–Crippen LogP) is 27.5. The molecule has 0 radical (unpaired) electrons. The minimum absolute atomic E-state index is 0.0465. The van der Waals surface area contributed by atoms with Crippen LogP contribution in [0.1, 0.15) is 330 Å². The molecule has 9 saturated carbocycles. The van der Waals surface area contributed by atoms with Crippen LogP contribution < -0.4 is 4.90 Å². The van der Waals surface area contributed by atoms with Gasteiger partial charge >= 0.3 is 147 Å². The maximum atomic E-state index is 5.67. The quantitative estimate of drug-likeness (QED) is 0.0992. The van der Waals surface area contributed by atoms with Crippen LogP contribution in [0.3, 0.4) is 0 Å². The molecule has 0 N–H and O–H groups in total. The molecule has 1 heterocycles. The van der Waals surface area contributed by atoms with Gasteiger partial charge in [0.05, 0.1) is 50.9 Å². The summed E-state index contributed by atoms with van der Waals surface area (Å²) in [6.45, 7) is 10.1. The predicted molar refractivity (Wildman–Crippen MR) is 415 cm³/mol. The van der Waals surface area contributed by atoms with Gasteiger partial charge in [0.25, 0.3) is 0 Å². The van der Waals surface area contributed by atoms with E-state index in [1.54, 1.807) is 289 Å². The van der Waals surface area contributed by atoms with Crippen molar-refractivity contribution in [1.29, 1.82) is 0 Å². The van der Waals surface area contributed by atoms with Gasteiger partial charge in [-0.25, -0.2) is 6.54 Å². The Kier molecular flexibility index (Phi) is 38.9. The fourth-order valence-corrected chi connectivity index (χ4v) is 38.9. The zero-order valence-corrected chi connectivity index (χ0v) is 67.5. The van der Waals surface area contributed by atoms with Gasteiger partial charge in [-0.3, -0.25) is 0 Å². The minimum atomic E-state index is -1.61. The number of nitrogens with zero attached hydrogens (tertiary/aromatic N) is 1. The van der Waals surface area contributed by atoms with Crippen LogP contribution in [0.5, 0.6) is 0 Å². The summed E-state index contributed by atoms with van der Waals surface area (Å²) in [6.07, 6.45) is 73.9. The van der Waals surface area contributed by atoms with Crippen LogP contribution >= 0.6 is 62.5 Å². The number of benzene rings is 3. The Morgan fingerprint density at radius 1 is 0.330 bits per heavy atom. The molecule has 10 fully saturated rings. The molecule has 0 spiro atoms. The molecule has 0 amide bonds. The van der Waals surface area contributed by atoms with Crippen LogP contribution in [0.2, 0.25) is 0 Å². The Hall–Kier alpha value is 0.897. The third kappa shape index (κ3) is 28.1. The van der Waals surface area contributed by atoms with Gasteiger partial charge in [-0.2, -0.15) is 6.42 Å². The van der Waals surface area contributed by atoms with E-state index in [-0.39, 0.29) is 23.8 Å². The van der Waals surface area contributed by atoms with Crippen LogP contribution in [0.4, 0.5) is 5.69 Å². The third-order valence-electron chi connectivity index (χ3n) is 23.6. The molecule has 518 valence electrons. The van der Waals surface area contributed by atoms with Gasteiger partial charge in [0, 0.05) is 29.5 Å². The van der Waals surface area contributed by atoms with Crippen LogP contribution in [-0.4, -0.2) is 66.7 Å². The molecule has 1 aliphatic heterocycles. The second kappa shape index (κ2) is 45.6. The van der Waals surface area contributed by atoms with Crippen molar-refractivity contribution in [3.05, 3.63) is 107 Å². The first-order chi connectivity index (χ1) is 44.6. The molecule has 1 saturated heterocycles. The molecule has 9 aliphatic carbocycles. The third-order valence-corrected chi connectivity index (χ3v) is 41.0. The summed E-state index contributed by atoms with van der Waals surface area (Å²) in [5, 5.41) is 0. The Bertz CT molecular complexity index is 2080. The first-order valence-corrected chi connectivity index (χ1v) is 54.8. The Labute approximate surface area is 591 Å². The van der Waals surface area contributed by atoms with Crippen molar-refractivity contribution in [1.82, 2.24) is 0 Å². The van der Waals surface area contributed by atoms with Crippen LogP contribution in [0.15, 0.2) is 72.8 Å². The van der Waals surface area contributed by atoms with Crippen molar-refractivity contribution in [2.75, 3.05) is 11.4 Å². The molecule has 3 aromatic carbocycles. The van der Waals surface area contributed by atoms with Crippen molar-refractivity contribution < 1.29 is 27.0 Å². The molecule has 0 bridgehead atoms. The number of rotatable bonds is 12. The molecular formula is C81H132Cl4NP3Ru2+2. The van der Waals surface area contributed by atoms with Gasteiger partial charge < -0.3 is 4.90 Å². The molecule has 3 aromatic rings. The molecule has 13 rings (SSSR count). The zero-order chi connectivity index (χ0) is 63.7. The molecule has 10 aliphatic rings. The van der Waals surface area contributed by atoms with Crippen molar-refractivity contribution >= 4 is 77.4 Å². The second-order valence-electron chi connectivity index (χ2n) is 30.2. The van der Waals surface area contributed by atoms with Gasteiger partial charge in [0.2, 0.25) is 0 Å². The standard InChI is InChI=1S/3C18H33P.C13H18N.2C7H6.4ClH.2Ru/c3*1-4-10-16(11-5-1)19(17-12-6-2-7-13-17)18-14-8-3-9-15-18;1-10-8-11(2)13(12(3)9-10)14-6-4-5-7-14;2*1-7-5-3-2-4-6-7;;;;;;/h3*16-18H,1-15H2;6,8-9H,4-5,7H2,1-3H3;2*1-6H;4*1H;;/q;;;-1;;;;;;;2*+2/p-1. The number of hydrogen-bond acceptors (Lipinski definition) is 1. The van der Waals surface area contributed by atoms with E-state index < -0.39 is 27.0 Å². The van der Waals surface area contributed by atoms with Crippen LogP contribution in [-0.2, 0) is 27.0 Å². The average Bonchev–Trinajstić information content (AvgIpc) is 1.62. The summed E-state index contributed by atoms with van der Waals surface area (Å²) in [6, 6.07) is 24.3. The summed E-state index contributed by atoms with van der Waals surface area (Å²) >= 11 is -3.23. The Balaban J connectivity index is 0.000000143. The number of aryl methyl sites for hydroxylation is 3. The van der Waals surface area contributed by atoms with Crippen molar-refractivity contribution in [2.45, 2.75) is 373 Å². The average molecular weight is 1560 g/mol. The maximum absolute atomic E-state index is 5.67. The van der Waals surface area contributed by atoms with E-state index in [0.717, 1.165) is 11.1 Å². The van der Waals surface area contributed by atoms with Crippen molar-refractivity contribution in [3.8, 4) is 0 Å². The van der Waals surface area contributed by atoms with Crippen LogP contribution in [0, 0.1) is 27.3 Å². The first-order valence-electron chi connectivity index (χ1n) is 38.6. The topological polar surface area (TPSA) is 3.24 Å². The van der Waals surface area contributed by atoms with E-state index in [0.29, 0.717) is 0 Å². The van der Waals surface area contributed by atoms with Gasteiger partial charge in [-0.1, -0.05) is 81.9 Å². The fourth-order valence-electron chi connectivity index (χ4n) is 19.6. The van der Waals surface area contributed by atoms with Gasteiger partial charge in [-0.05, 0) is 270 Å². The SMILES string of the molecule is C1CCC([PH+](C2CCCCC2)C2CCCCC2)CC1.C1CCC([PH+](C2CCCCC2)C2CCCCC2)CC1.C1CCC([PH+](C2CCCCC2)C2CCCCC2)CC1.Cc1cc(C)c(N2[CH-]CCC2)c(C)c1.[Cl][Ru]([Cl])=[CH]c1ccccc1.[Cl][Ru]([Cl])=[CH]c1ccccc1. The summed E-state index contributed by atoms with van der Waals surface area (Å²) in [5.74, 6) is 0. The number of halogens is 4. The summed E-state index contributed by atoms with van der Waals surface area (Å²) in [5.41, 5.74) is 18.9. The summed E-state index contributed by atoms with van der Waals surface area (Å²) < 4.78 is 3.85. The number of hydrogen-bond donors (Lipinski definition) is 0. The number of anilines is 1. The normalized spacial score (nSPS) is 23.0. The van der Waals surface area contributed by atoms with E-state index in [2.05, 4.69) is 44.3 Å². The molecule has 10 heteroatoms. The van der Waals surface area contributed by atoms with E-state index in [9.17, 15) is 0 Å². The van der Waals surface area contributed by atoms with E-state index in [1.807, 2.05) is 69.9 Å². The van der Waals surface area contributed by atoms with Crippen LogP contribution in [0.25, 0.3) is 0 Å². The fraction of sp³-hybridized carbons (Fsp3) is 0.741. The van der Waals surface area contributed by atoms with Gasteiger partial charge in [0.1, 0.15) is 0 Å². The monoisotopic (exact) mass is 1560 g/mol. The van der Waals surface area contributed by atoms with Crippen molar-refractivity contribution in [3.63, 3.8) is 0 Å². The van der Waals surface area contributed by atoms with Crippen molar-refractivity contribution in [2.24, 2.45) is 0 Å². The molecule has 1 nitrogen and oxygen atoms in total. The van der Waals surface area contributed by atoms with E-state index in [1.165, 1.54) is 92.7 Å². The first kappa shape index (κ1) is 77.6. The van der Waals surface area contributed by atoms with Gasteiger partial charge in [-0.15, -0.1) is 0 Å². The molecule has 91 heavy (non-hydrogen) atoms. The molecule has 0 aromatic heterocycles. The summed E-state index contributed by atoms with van der Waals surface area (Å²) in [7, 11) is 22.5. The second-order valence-corrected chi connectivity index (χ2v) is 52.0. The zero-order valence-electron chi connectivity index (χ0n) is 58.0. The van der Waals surface area contributed by atoms with E-state index >= 15 is 0 Å². The van der Waals surface area contributed by atoms with Gasteiger partial charge in [0.15, 0.2) is 0 Å². The molecule has 0 unspecified atom stereocenters. The van der Waals surface area contributed by atoms with E-state index in [4.69, 9.17) is 38.8 Å².